The molecule has 1 aromatic carbocycles. The number of benzene rings is 1. The number of methoxy groups -OCH3 is 1. The molecule has 0 heterocycles. The lowest BCUT2D eigenvalue weighted by Crippen LogP contribution is -1.99. The molecule has 0 amide bonds. The van der Waals surface area contributed by atoms with Gasteiger partial charge in [0, 0.05) is 5.56 Å². The zero-order valence-electron chi connectivity index (χ0n) is 10.6. The van der Waals surface area contributed by atoms with E-state index in [0.29, 0.717) is 5.92 Å². The summed E-state index contributed by atoms with van der Waals surface area (Å²) in [7, 11) is 1.72. The van der Waals surface area contributed by atoms with Crippen LogP contribution in [-0.2, 0) is 6.42 Å². The van der Waals surface area contributed by atoms with Gasteiger partial charge in [-0.2, -0.15) is 0 Å². The fourth-order valence-corrected chi connectivity index (χ4v) is 1.82. The van der Waals surface area contributed by atoms with Crippen LogP contribution in [-0.4, -0.2) is 7.11 Å². The standard InChI is InChI=1S/C15H20O/c1-6-8-13-9-12(7-2)10-14(11(3)4)15(13)16-5/h8-11H,1,7H2,2-5H3. The van der Waals surface area contributed by atoms with Crippen LogP contribution >= 0.6 is 0 Å². The highest BCUT2D eigenvalue weighted by molar-refractivity contribution is 5.61. The topological polar surface area (TPSA) is 9.23 Å². The molecule has 16 heavy (non-hydrogen) atoms. The Bertz CT molecular complexity index is 410. The van der Waals surface area contributed by atoms with Crippen LogP contribution in [0.25, 0.3) is 6.08 Å². The largest absolute Gasteiger partial charge is 0.496 e. The monoisotopic (exact) mass is 216 g/mol. The molecule has 1 rings (SSSR count). The van der Waals surface area contributed by atoms with Gasteiger partial charge >= 0.3 is 0 Å². The minimum Gasteiger partial charge on any atom is -0.496 e. The van der Waals surface area contributed by atoms with Crippen LogP contribution in [0.2, 0.25) is 0 Å². The van der Waals surface area contributed by atoms with Crippen molar-refractivity contribution in [2.45, 2.75) is 33.1 Å². The average molecular weight is 216 g/mol. The van der Waals surface area contributed by atoms with Crippen molar-refractivity contribution in [3.63, 3.8) is 0 Å². The predicted octanol–water partition coefficient (Wildman–Crippen LogP) is 4.18. The van der Waals surface area contributed by atoms with Crippen molar-refractivity contribution in [1.82, 2.24) is 0 Å². The number of ether oxygens (including phenoxy) is 1. The molecule has 0 saturated carbocycles. The Kier molecular flexibility index (Phi) is 4.39. The van der Waals surface area contributed by atoms with Gasteiger partial charge in [-0.05, 0) is 35.6 Å². The Hall–Kier alpha value is -1.46. The maximum atomic E-state index is 5.49. The van der Waals surface area contributed by atoms with E-state index in [0.717, 1.165) is 17.7 Å². The van der Waals surface area contributed by atoms with Gasteiger partial charge in [0.15, 0.2) is 0 Å². The van der Waals surface area contributed by atoms with Crippen molar-refractivity contribution in [3.8, 4) is 5.75 Å². The minimum absolute atomic E-state index is 0.457. The first-order valence-corrected chi connectivity index (χ1v) is 5.70. The Morgan fingerprint density at radius 1 is 1.44 bits per heavy atom. The highest BCUT2D eigenvalue weighted by atomic mass is 16.5. The summed E-state index contributed by atoms with van der Waals surface area (Å²) in [4.78, 5) is 0. The molecule has 86 valence electrons. The number of hydrogen-bond acceptors (Lipinski definition) is 1. The fraction of sp³-hybridized carbons (Fsp3) is 0.400. The summed E-state index contributed by atoms with van der Waals surface area (Å²) in [5, 5.41) is 0. The molecule has 1 aromatic rings. The Morgan fingerprint density at radius 2 is 2.12 bits per heavy atom. The van der Waals surface area contributed by atoms with E-state index in [1.807, 2.05) is 6.08 Å². The van der Waals surface area contributed by atoms with E-state index in [1.165, 1.54) is 11.1 Å². The first-order chi connectivity index (χ1) is 7.63. The Balaban J connectivity index is 3.45. The van der Waals surface area contributed by atoms with Crippen LogP contribution in [0.3, 0.4) is 0 Å². The SMILES string of the molecule is C=C=Cc1cc(CC)cc(C(C)C)c1OC. The van der Waals surface area contributed by atoms with Crippen molar-refractivity contribution < 1.29 is 4.74 Å². The third-order valence-electron chi connectivity index (χ3n) is 2.70. The molecule has 0 spiro atoms. The number of hydrogen-bond donors (Lipinski definition) is 0. The van der Waals surface area contributed by atoms with Crippen LogP contribution in [0.15, 0.2) is 24.4 Å². The second-order valence-electron chi connectivity index (χ2n) is 4.16. The minimum atomic E-state index is 0.457. The van der Waals surface area contributed by atoms with Gasteiger partial charge in [0.1, 0.15) is 5.75 Å². The van der Waals surface area contributed by atoms with E-state index in [9.17, 15) is 0 Å². The molecule has 0 aliphatic heterocycles. The van der Waals surface area contributed by atoms with Crippen molar-refractivity contribution in [2.75, 3.05) is 7.11 Å². The van der Waals surface area contributed by atoms with Crippen LogP contribution in [0.5, 0.6) is 5.75 Å². The molecular formula is C15H20O. The highest BCUT2D eigenvalue weighted by Crippen LogP contribution is 2.32. The molecule has 1 nitrogen and oxygen atoms in total. The molecule has 0 unspecified atom stereocenters. The first kappa shape index (κ1) is 12.6. The van der Waals surface area contributed by atoms with Crippen molar-refractivity contribution in [3.05, 3.63) is 41.1 Å². The van der Waals surface area contributed by atoms with E-state index in [4.69, 9.17) is 4.74 Å². The van der Waals surface area contributed by atoms with E-state index in [2.05, 4.69) is 45.2 Å². The van der Waals surface area contributed by atoms with E-state index in [1.54, 1.807) is 7.11 Å². The lowest BCUT2D eigenvalue weighted by molar-refractivity contribution is 0.406. The maximum absolute atomic E-state index is 5.49. The predicted molar refractivity (Wildman–Crippen MR) is 70.1 cm³/mol. The summed E-state index contributed by atoms with van der Waals surface area (Å²) in [5.74, 6) is 1.40. The summed E-state index contributed by atoms with van der Waals surface area (Å²) in [6.45, 7) is 10.1. The van der Waals surface area contributed by atoms with Gasteiger partial charge in [-0.25, -0.2) is 0 Å². The van der Waals surface area contributed by atoms with Crippen LogP contribution in [0.4, 0.5) is 0 Å². The maximum Gasteiger partial charge on any atom is 0.130 e. The van der Waals surface area contributed by atoms with Crippen LogP contribution < -0.4 is 4.74 Å². The van der Waals surface area contributed by atoms with Gasteiger partial charge in [-0.3, -0.25) is 0 Å². The van der Waals surface area contributed by atoms with Crippen molar-refractivity contribution >= 4 is 6.08 Å². The third-order valence-corrected chi connectivity index (χ3v) is 2.70. The molecule has 0 saturated heterocycles. The zero-order chi connectivity index (χ0) is 12.1. The second kappa shape index (κ2) is 5.58. The quantitative estimate of drug-likeness (QED) is 0.686. The molecule has 0 aliphatic rings. The summed E-state index contributed by atoms with van der Waals surface area (Å²) in [6, 6.07) is 4.37. The van der Waals surface area contributed by atoms with E-state index in [-0.39, 0.29) is 0 Å². The van der Waals surface area contributed by atoms with Gasteiger partial charge < -0.3 is 4.74 Å². The van der Waals surface area contributed by atoms with Crippen molar-refractivity contribution in [1.29, 1.82) is 0 Å². The van der Waals surface area contributed by atoms with Gasteiger partial charge in [0.25, 0.3) is 0 Å². The first-order valence-electron chi connectivity index (χ1n) is 5.70. The number of rotatable bonds is 4. The van der Waals surface area contributed by atoms with Gasteiger partial charge in [0.2, 0.25) is 0 Å². The summed E-state index contributed by atoms with van der Waals surface area (Å²) in [5.41, 5.74) is 6.47. The molecule has 1 heteroatoms. The van der Waals surface area contributed by atoms with Crippen molar-refractivity contribution in [2.24, 2.45) is 0 Å². The molecule has 0 radical (unpaired) electrons. The lowest BCUT2D eigenvalue weighted by atomic mass is 9.95. The molecule has 0 N–H and O–H groups in total. The highest BCUT2D eigenvalue weighted by Gasteiger charge is 2.12. The van der Waals surface area contributed by atoms with Gasteiger partial charge in [-0.1, -0.05) is 33.4 Å². The summed E-state index contributed by atoms with van der Waals surface area (Å²) < 4.78 is 5.49. The fourth-order valence-electron chi connectivity index (χ4n) is 1.82. The van der Waals surface area contributed by atoms with Crippen LogP contribution in [0.1, 0.15) is 43.4 Å². The van der Waals surface area contributed by atoms with Gasteiger partial charge in [-0.15, -0.1) is 5.73 Å². The summed E-state index contributed by atoms with van der Waals surface area (Å²) >= 11 is 0. The molecule has 0 atom stereocenters. The van der Waals surface area contributed by atoms with Gasteiger partial charge in [0.05, 0.1) is 7.11 Å². The third kappa shape index (κ3) is 2.56. The number of aryl methyl sites for hydroxylation is 1. The second-order valence-corrected chi connectivity index (χ2v) is 4.16. The molecule has 0 aliphatic carbocycles. The zero-order valence-corrected chi connectivity index (χ0v) is 10.6. The van der Waals surface area contributed by atoms with Crippen LogP contribution in [0, 0.1) is 0 Å². The molecule has 0 bridgehead atoms. The molecule has 0 aromatic heterocycles. The lowest BCUT2D eigenvalue weighted by Gasteiger charge is -2.16. The average Bonchev–Trinajstić information content (AvgIpc) is 2.28. The Labute approximate surface area is 98.5 Å². The van der Waals surface area contributed by atoms with E-state index >= 15 is 0 Å². The molecule has 0 fully saturated rings. The Morgan fingerprint density at radius 3 is 2.56 bits per heavy atom. The normalized spacial score (nSPS) is 10.1. The van der Waals surface area contributed by atoms with E-state index < -0.39 is 0 Å². The molecular weight excluding hydrogens is 196 g/mol. The summed E-state index contributed by atoms with van der Waals surface area (Å²) in [6.07, 6.45) is 2.91. The smallest absolute Gasteiger partial charge is 0.130 e.